The van der Waals surface area contributed by atoms with Crippen LogP contribution in [-0.4, -0.2) is 26.2 Å². The average Bonchev–Trinajstić information content (AvgIpc) is 2.37. The maximum Gasteiger partial charge on any atom is 0.341 e. The fourth-order valence-corrected chi connectivity index (χ4v) is 1.23. The van der Waals surface area contributed by atoms with Crippen molar-refractivity contribution in [2.75, 3.05) is 14.2 Å². The van der Waals surface area contributed by atoms with Gasteiger partial charge in [-0.05, 0) is 19.1 Å². The molecule has 96 valence electrons. The predicted molar refractivity (Wildman–Crippen MR) is 64.8 cm³/mol. The molecule has 0 aliphatic heterocycles. The Morgan fingerprint density at radius 2 is 1.89 bits per heavy atom. The van der Waals surface area contributed by atoms with E-state index in [0.717, 1.165) is 0 Å². The van der Waals surface area contributed by atoms with Crippen molar-refractivity contribution in [1.29, 1.82) is 0 Å². The summed E-state index contributed by atoms with van der Waals surface area (Å²) in [5.41, 5.74) is 0.336. The van der Waals surface area contributed by atoms with Gasteiger partial charge in [0.05, 0.1) is 14.2 Å². The van der Waals surface area contributed by atoms with E-state index < -0.39 is 11.9 Å². The largest absolute Gasteiger partial charge is 0.493 e. The number of methoxy groups -OCH3 is 2. The van der Waals surface area contributed by atoms with Crippen LogP contribution < -0.4 is 9.47 Å². The van der Waals surface area contributed by atoms with E-state index in [1.165, 1.54) is 27.2 Å². The monoisotopic (exact) mass is 250 g/mol. The molecule has 0 heterocycles. The zero-order valence-electron chi connectivity index (χ0n) is 10.5. The average molecular weight is 250 g/mol. The minimum atomic E-state index is -0.635. The molecule has 1 rings (SSSR count). The number of hydrogen-bond acceptors (Lipinski definition) is 5. The van der Waals surface area contributed by atoms with Crippen LogP contribution in [0.15, 0.2) is 30.4 Å². The molecule has 5 nitrogen and oxygen atoms in total. The zero-order valence-corrected chi connectivity index (χ0v) is 10.5. The first-order chi connectivity index (χ1) is 8.51. The van der Waals surface area contributed by atoms with Gasteiger partial charge in [0.1, 0.15) is 5.56 Å². The van der Waals surface area contributed by atoms with Gasteiger partial charge in [0, 0.05) is 5.57 Å². The fourth-order valence-electron chi connectivity index (χ4n) is 1.23. The summed E-state index contributed by atoms with van der Waals surface area (Å²) in [5.74, 6) is -0.949. The Labute approximate surface area is 105 Å². The van der Waals surface area contributed by atoms with Gasteiger partial charge < -0.3 is 14.2 Å². The van der Waals surface area contributed by atoms with Gasteiger partial charge in [-0.15, -0.1) is 0 Å². The third kappa shape index (κ3) is 2.88. The van der Waals surface area contributed by atoms with E-state index in [1.54, 1.807) is 12.1 Å². The number of carbonyl (C=O) groups excluding carboxylic acids is 2. The molecule has 0 aromatic heterocycles. The Morgan fingerprint density at radius 1 is 1.22 bits per heavy atom. The van der Waals surface area contributed by atoms with E-state index in [4.69, 9.17) is 9.47 Å². The molecule has 0 amide bonds. The molecule has 0 N–H and O–H groups in total. The van der Waals surface area contributed by atoms with Gasteiger partial charge in [-0.1, -0.05) is 12.6 Å². The van der Waals surface area contributed by atoms with E-state index >= 15 is 0 Å². The third-order valence-corrected chi connectivity index (χ3v) is 2.15. The van der Waals surface area contributed by atoms with E-state index in [2.05, 4.69) is 11.3 Å². The van der Waals surface area contributed by atoms with Crippen LogP contribution in [-0.2, 0) is 9.53 Å². The summed E-state index contributed by atoms with van der Waals surface area (Å²) in [5, 5.41) is 0. The summed E-state index contributed by atoms with van der Waals surface area (Å²) in [7, 11) is 2.65. The summed E-state index contributed by atoms with van der Waals surface area (Å²) in [6.45, 7) is 4.98. The highest BCUT2D eigenvalue weighted by atomic mass is 16.6. The highest BCUT2D eigenvalue weighted by Gasteiger charge is 2.20. The second-order valence-electron chi connectivity index (χ2n) is 3.50. The maximum atomic E-state index is 11.6. The lowest BCUT2D eigenvalue weighted by molar-refractivity contribution is -0.130. The Kier molecular flexibility index (Phi) is 4.48. The molecular weight excluding hydrogens is 236 g/mol. The third-order valence-electron chi connectivity index (χ3n) is 2.15. The molecule has 0 aliphatic carbocycles. The van der Waals surface area contributed by atoms with Gasteiger partial charge in [0.25, 0.3) is 0 Å². The first-order valence-corrected chi connectivity index (χ1v) is 5.14. The smallest absolute Gasteiger partial charge is 0.341 e. The van der Waals surface area contributed by atoms with E-state index in [1.807, 2.05) is 0 Å². The van der Waals surface area contributed by atoms with Crippen LogP contribution in [0, 0.1) is 0 Å². The summed E-state index contributed by atoms with van der Waals surface area (Å²) in [6, 6.07) is 4.66. The molecule has 0 radical (unpaired) electrons. The number of rotatable bonds is 4. The number of esters is 2. The Morgan fingerprint density at radius 3 is 2.39 bits per heavy atom. The lowest BCUT2D eigenvalue weighted by atomic mass is 10.2. The van der Waals surface area contributed by atoms with Crippen LogP contribution in [0.5, 0.6) is 11.5 Å². The number of para-hydroxylation sites is 1. The normalized spacial score (nSPS) is 9.50. The molecule has 0 unspecified atom stereocenters. The van der Waals surface area contributed by atoms with Crippen LogP contribution in [0.1, 0.15) is 17.3 Å². The minimum Gasteiger partial charge on any atom is -0.493 e. The van der Waals surface area contributed by atoms with Gasteiger partial charge in [0.15, 0.2) is 11.5 Å². The van der Waals surface area contributed by atoms with Crippen LogP contribution in [0.25, 0.3) is 0 Å². The molecule has 0 atom stereocenters. The molecule has 18 heavy (non-hydrogen) atoms. The molecule has 0 bridgehead atoms. The van der Waals surface area contributed by atoms with E-state index in [-0.39, 0.29) is 22.6 Å². The van der Waals surface area contributed by atoms with Crippen molar-refractivity contribution in [3.63, 3.8) is 0 Å². The molecule has 1 aromatic carbocycles. The first-order valence-electron chi connectivity index (χ1n) is 5.14. The van der Waals surface area contributed by atoms with Gasteiger partial charge >= 0.3 is 11.9 Å². The summed E-state index contributed by atoms with van der Waals surface area (Å²) < 4.78 is 14.7. The Bertz CT molecular complexity index is 490. The van der Waals surface area contributed by atoms with Crippen LogP contribution >= 0.6 is 0 Å². The zero-order chi connectivity index (χ0) is 13.7. The van der Waals surface area contributed by atoms with Crippen molar-refractivity contribution in [3.05, 3.63) is 35.9 Å². The van der Waals surface area contributed by atoms with Crippen molar-refractivity contribution in [2.24, 2.45) is 0 Å². The second-order valence-corrected chi connectivity index (χ2v) is 3.50. The molecule has 0 saturated heterocycles. The lowest BCUT2D eigenvalue weighted by Gasteiger charge is -2.12. The number of ether oxygens (including phenoxy) is 3. The SMILES string of the molecule is C=C(C)C(=O)Oc1c(OC)cccc1C(=O)OC. The van der Waals surface area contributed by atoms with E-state index in [0.29, 0.717) is 0 Å². The number of carbonyl (C=O) groups is 2. The van der Waals surface area contributed by atoms with Crippen molar-refractivity contribution in [2.45, 2.75) is 6.92 Å². The van der Waals surface area contributed by atoms with Crippen LogP contribution in [0.3, 0.4) is 0 Å². The van der Waals surface area contributed by atoms with Crippen molar-refractivity contribution >= 4 is 11.9 Å². The van der Waals surface area contributed by atoms with Gasteiger partial charge in [-0.2, -0.15) is 0 Å². The van der Waals surface area contributed by atoms with Crippen LogP contribution in [0.4, 0.5) is 0 Å². The second kappa shape index (κ2) is 5.86. The van der Waals surface area contributed by atoms with Crippen molar-refractivity contribution in [1.82, 2.24) is 0 Å². The molecule has 5 heteroatoms. The molecule has 0 spiro atoms. The molecular formula is C13H14O5. The van der Waals surface area contributed by atoms with Gasteiger partial charge in [-0.3, -0.25) is 0 Å². The Balaban J connectivity index is 3.24. The van der Waals surface area contributed by atoms with Gasteiger partial charge in [0.2, 0.25) is 0 Å². The van der Waals surface area contributed by atoms with Crippen LogP contribution in [0.2, 0.25) is 0 Å². The van der Waals surface area contributed by atoms with Crippen molar-refractivity contribution < 1.29 is 23.8 Å². The maximum absolute atomic E-state index is 11.6. The molecule has 0 saturated carbocycles. The van der Waals surface area contributed by atoms with E-state index in [9.17, 15) is 9.59 Å². The molecule has 1 aromatic rings. The minimum absolute atomic E-state index is 0.0276. The summed E-state index contributed by atoms with van der Waals surface area (Å²) in [6.07, 6.45) is 0. The summed E-state index contributed by atoms with van der Waals surface area (Å²) in [4.78, 5) is 23.1. The topological polar surface area (TPSA) is 61.8 Å². The lowest BCUT2D eigenvalue weighted by Crippen LogP contribution is -2.13. The molecule has 0 aliphatic rings. The standard InChI is InChI=1S/C13H14O5/c1-8(2)12(14)18-11-9(13(15)17-4)6-5-7-10(11)16-3/h5-7H,1H2,2-4H3. The number of benzene rings is 1. The highest BCUT2D eigenvalue weighted by molar-refractivity contribution is 5.96. The van der Waals surface area contributed by atoms with Crippen molar-refractivity contribution in [3.8, 4) is 11.5 Å². The quantitative estimate of drug-likeness (QED) is 0.464. The van der Waals surface area contributed by atoms with Gasteiger partial charge in [-0.25, -0.2) is 9.59 Å². The predicted octanol–water partition coefficient (Wildman–Crippen LogP) is 1.96. The fraction of sp³-hybridized carbons (Fsp3) is 0.231. The highest BCUT2D eigenvalue weighted by Crippen LogP contribution is 2.32. The summed E-state index contributed by atoms with van der Waals surface area (Å²) >= 11 is 0. The molecule has 0 fully saturated rings. The Hall–Kier alpha value is -2.30. The first kappa shape index (κ1) is 13.8. The number of hydrogen-bond donors (Lipinski definition) is 0.